The van der Waals surface area contributed by atoms with Crippen LogP contribution in [0.25, 0.3) is 0 Å². The number of aliphatic hydroxyl groups is 1. The van der Waals surface area contributed by atoms with E-state index < -0.39 is 0 Å². The maximum absolute atomic E-state index is 12.3. The number of hydrogen-bond acceptors (Lipinski definition) is 2. The lowest BCUT2D eigenvalue weighted by molar-refractivity contribution is -0.137. The second kappa shape index (κ2) is 4.27. The molecular weight excluding hydrogens is 214 g/mol. The zero-order valence-corrected chi connectivity index (χ0v) is 10.6. The van der Waals surface area contributed by atoms with Gasteiger partial charge in [-0.15, -0.1) is 0 Å². The highest BCUT2D eigenvalue weighted by Gasteiger charge is 2.44. The molecule has 96 valence electrons. The maximum atomic E-state index is 12.3. The quantitative estimate of drug-likeness (QED) is 0.807. The second-order valence-corrected chi connectivity index (χ2v) is 6.40. The summed E-state index contributed by atoms with van der Waals surface area (Å²) in [7, 11) is 1.86. The van der Waals surface area contributed by atoms with Crippen molar-refractivity contribution >= 4 is 5.91 Å². The van der Waals surface area contributed by atoms with Crippen molar-refractivity contribution in [1.29, 1.82) is 0 Å². The van der Waals surface area contributed by atoms with Crippen LogP contribution in [0.2, 0.25) is 0 Å². The average Bonchev–Trinajstić information content (AvgIpc) is 2.97. The van der Waals surface area contributed by atoms with Gasteiger partial charge in [0.05, 0.1) is 6.10 Å². The van der Waals surface area contributed by atoms with Crippen LogP contribution in [-0.4, -0.2) is 35.6 Å². The highest BCUT2D eigenvalue weighted by atomic mass is 16.3. The Kier molecular flexibility index (Phi) is 2.89. The van der Waals surface area contributed by atoms with E-state index in [0.29, 0.717) is 18.4 Å². The molecule has 3 saturated carbocycles. The molecule has 1 N–H and O–H groups in total. The van der Waals surface area contributed by atoms with E-state index in [-0.39, 0.29) is 17.9 Å². The first-order valence-corrected chi connectivity index (χ1v) is 7.08. The van der Waals surface area contributed by atoms with Crippen LogP contribution in [0.3, 0.4) is 0 Å². The molecule has 3 fully saturated rings. The zero-order valence-electron chi connectivity index (χ0n) is 10.6. The summed E-state index contributed by atoms with van der Waals surface area (Å²) in [6, 6.07) is 0. The van der Waals surface area contributed by atoms with E-state index in [9.17, 15) is 9.90 Å². The molecule has 3 heteroatoms. The number of fused-ring (bicyclic) bond motifs is 2. The van der Waals surface area contributed by atoms with Gasteiger partial charge in [0.1, 0.15) is 0 Å². The lowest BCUT2D eigenvalue weighted by atomic mass is 9.88. The molecule has 0 heterocycles. The lowest BCUT2D eigenvalue weighted by Gasteiger charge is -2.28. The van der Waals surface area contributed by atoms with Crippen molar-refractivity contribution in [3.63, 3.8) is 0 Å². The number of rotatable bonds is 4. The molecule has 0 saturated heterocycles. The SMILES string of the molecule is CN(CC(O)C1CC1)C(=O)C1CC2CCC1C2. The molecule has 0 spiro atoms. The second-order valence-electron chi connectivity index (χ2n) is 6.40. The molecule has 3 rings (SSSR count). The van der Waals surface area contributed by atoms with Gasteiger partial charge in [0.2, 0.25) is 5.91 Å². The van der Waals surface area contributed by atoms with Gasteiger partial charge in [-0.1, -0.05) is 6.42 Å². The van der Waals surface area contributed by atoms with E-state index in [4.69, 9.17) is 0 Å². The number of aliphatic hydroxyl groups excluding tert-OH is 1. The molecule has 3 nitrogen and oxygen atoms in total. The summed E-state index contributed by atoms with van der Waals surface area (Å²) < 4.78 is 0. The van der Waals surface area contributed by atoms with Crippen LogP contribution in [0.5, 0.6) is 0 Å². The van der Waals surface area contributed by atoms with Crippen LogP contribution in [0.1, 0.15) is 38.5 Å². The van der Waals surface area contributed by atoms with Gasteiger partial charge in [-0.3, -0.25) is 4.79 Å². The molecule has 0 aromatic heterocycles. The minimum atomic E-state index is -0.289. The standard InChI is InChI=1S/C14H23NO2/c1-15(8-13(16)10-4-5-10)14(17)12-7-9-2-3-11(12)6-9/h9-13,16H,2-8H2,1H3. The Morgan fingerprint density at radius 2 is 2.06 bits per heavy atom. The predicted molar refractivity (Wildman–Crippen MR) is 65.3 cm³/mol. The summed E-state index contributed by atoms with van der Waals surface area (Å²) in [6.45, 7) is 0.539. The number of hydrogen-bond donors (Lipinski definition) is 1. The van der Waals surface area contributed by atoms with E-state index in [1.54, 1.807) is 4.90 Å². The molecule has 4 atom stereocenters. The third-order valence-electron chi connectivity index (χ3n) is 5.06. The molecule has 3 aliphatic carbocycles. The van der Waals surface area contributed by atoms with Crippen LogP contribution in [0, 0.1) is 23.7 Å². The van der Waals surface area contributed by atoms with Gasteiger partial charge in [-0.05, 0) is 49.9 Å². The summed E-state index contributed by atoms with van der Waals surface area (Å²) in [4.78, 5) is 14.1. The van der Waals surface area contributed by atoms with Crippen molar-refractivity contribution in [2.24, 2.45) is 23.7 Å². The Hall–Kier alpha value is -0.570. The average molecular weight is 237 g/mol. The number of amides is 1. The Balaban J connectivity index is 1.54. The van der Waals surface area contributed by atoms with Gasteiger partial charge in [-0.25, -0.2) is 0 Å². The highest BCUT2D eigenvalue weighted by molar-refractivity contribution is 5.79. The van der Waals surface area contributed by atoms with Gasteiger partial charge in [0.25, 0.3) is 0 Å². The molecule has 2 bridgehead atoms. The zero-order chi connectivity index (χ0) is 12.0. The van der Waals surface area contributed by atoms with E-state index in [2.05, 4.69) is 0 Å². The molecule has 0 radical (unpaired) electrons. The van der Waals surface area contributed by atoms with Crippen LogP contribution in [-0.2, 0) is 4.79 Å². The first-order chi connectivity index (χ1) is 8.15. The number of carbonyl (C=O) groups is 1. The van der Waals surface area contributed by atoms with Gasteiger partial charge >= 0.3 is 0 Å². The maximum Gasteiger partial charge on any atom is 0.225 e. The lowest BCUT2D eigenvalue weighted by Crippen LogP contribution is -2.40. The molecule has 17 heavy (non-hydrogen) atoms. The van der Waals surface area contributed by atoms with E-state index in [0.717, 1.165) is 25.2 Å². The van der Waals surface area contributed by atoms with Gasteiger partial charge in [-0.2, -0.15) is 0 Å². The third-order valence-corrected chi connectivity index (χ3v) is 5.06. The predicted octanol–water partition coefficient (Wildman–Crippen LogP) is 1.65. The summed E-state index contributed by atoms with van der Waals surface area (Å²) >= 11 is 0. The fourth-order valence-electron chi connectivity index (χ4n) is 3.83. The molecular formula is C14H23NO2. The van der Waals surface area contributed by atoms with Gasteiger partial charge < -0.3 is 10.0 Å². The Labute approximate surface area is 103 Å². The number of nitrogens with zero attached hydrogens (tertiary/aromatic N) is 1. The molecule has 0 aromatic rings. The van der Waals surface area contributed by atoms with Crippen molar-refractivity contribution in [3.8, 4) is 0 Å². The van der Waals surface area contributed by atoms with Crippen molar-refractivity contribution in [2.45, 2.75) is 44.6 Å². The largest absolute Gasteiger partial charge is 0.391 e. The topological polar surface area (TPSA) is 40.5 Å². The molecule has 1 amide bonds. The monoisotopic (exact) mass is 237 g/mol. The number of likely N-dealkylation sites (N-methyl/N-ethyl adjacent to an activating group) is 1. The van der Waals surface area contributed by atoms with Gasteiger partial charge in [0.15, 0.2) is 0 Å². The summed E-state index contributed by atoms with van der Waals surface area (Å²) in [5.74, 6) is 2.48. The fourth-order valence-corrected chi connectivity index (χ4v) is 3.83. The van der Waals surface area contributed by atoms with Crippen LogP contribution in [0.4, 0.5) is 0 Å². The summed E-state index contributed by atoms with van der Waals surface area (Å²) in [5.41, 5.74) is 0. The normalized spacial score (nSPS) is 37.2. The number of carbonyl (C=O) groups excluding carboxylic acids is 1. The molecule has 3 aliphatic rings. The van der Waals surface area contributed by atoms with Crippen molar-refractivity contribution < 1.29 is 9.90 Å². The summed E-state index contributed by atoms with van der Waals surface area (Å²) in [5, 5.41) is 9.89. The van der Waals surface area contributed by atoms with Crippen molar-refractivity contribution in [1.82, 2.24) is 4.90 Å². The highest BCUT2D eigenvalue weighted by Crippen LogP contribution is 2.48. The van der Waals surface area contributed by atoms with E-state index >= 15 is 0 Å². The minimum absolute atomic E-state index is 0.269. The van der Waals surface area contributed by atoms with Crippen LogP contribution in [0.15, 0.2) is 0 Å². The van der Waals surface area contributed by atoms with Crippen molar-refractivity contribution in [2.75, 3.05) is 13.6 Å². The van der Waals surface area contributed by atoms with E-state index in [1.165, 1.54) is 19.3 Å². The first-order valence-electron chi connectivity index (χ1n) is 7.08. The summed E-state index contributed by atoms with van der Waals surface area (Å²) in [6.07, 6.45) is 6.95. The Morgan fingerprint density at radius 1 is 1.29 bits per heavy atom. The fraction of sp³-hybridized carbons (Fsp3) is 0.929. The van der Waals surface area contributed by atoms with E-state index in [1.807, 2.05) is 7.05 Å². The smallest absolute Gasteiger partial charge is 0.225 e. The van der Waals surface area contributed by atoms with Crippen LogP contribution < -0.4 is 0 Å². The third kappa shape index (κ3) is 2.22. The Bertz CT molecular complexity index is 313. The minimum Gasteiger partial charge on any atom is -0.391 e. The first kappa shape index (κ1) is 11.5. The Morgan fingerprint density at radius 3 is 2.59 bits per heavy atom. The van der Waals surface area contributed by atoms with Crippen LogP contribution >= 0.6 is 0 Å². The molecule has 4 unspecified atom stereocenters. The molecule has 0 aliphatic heterocycles. The molecule has 0 aromatic carbocycles. The van der Waals surface area contributed by atoms with Crippen molar-refractivity contribution in [3.05, 3.63) is 0 Å². The van der Waals surface area contributed by atoms with Gasteiger partial charge in [0, 0.05) is 19.5 Å².